The van der Waals surface area contributed by atoms with Crippen LogP contribution in [0.5, 0.6) is 0 Å². The molecule has 0 unspecified atom stereocenters. The van der Waals surface area contributed by atoms with Gasteiger partial charge in [0, 0.05) is 13.1 Å². The van der Waals surface area contributed by atoms with E-state index in [1.165, 1.54) is 15.6 Å². The van der Waals surface area contributed by atoms with Crippen molar-refractivity contribution in [3.63, 3.8) is 0 Å². The third-order valence-corrected chi connectivity index (χ3v) is 5.94. The van der Waals surface area contributed by atoms with Crippen molar-refractivity contribution in [2.45, 2.75) is 17.7 Å². The van der Waals surface area contributed by atoms with Crippen molar-refractivity contribution in [3.05, 3.63) is 53.4 Å². The third kappa shape index (κ3) is 2.80. The fourth-order valence-corrected chi connectivity index (χ4v) is 4.27. The Morgan fingerprint density at radius 3 is 2.39 bits per heavy atom. The molecule has 0 fully saturated rings. The Labute approximate surface area is 112 Å². The zero-order valence-electron chi connectivity index (χ0n) is 10.1. The third-order valence-electron chi connectivity index (χ3n) is 2.64. The first-order valence-corrected chi connectivity index (χ1v) is 8.04. The lowest BCUT2D eigenvalue weighted by atomic mass is 10.2. The molecule has 1 aromatic heterocycles. The van der Waals surface area contributed by atoms with Crippen LogP contribution in [0.25, 0.3) is 0 Å². The molecule has 1 aromatic carbocycles. The molecule has 0 N–H and O–H groups in total. The number of thiophene rings is 1. The van der Waals surface area contributed by atoms with Crippen molar-refractivity contribution in [2.75, 3.05) is 6.54 Å². The largest absolute Gasteiger partial charge is 0.252 e. The Kier molecular flexibility index (Phi) is 4.16. The summed E-state index contributed by atoms with van der Waals surface area (Å²) in [5, 5.41) is 1.78. The first-order valence-electron chi connectivity index (χ1n) is 5.72. The van der Waals surface area contributed by atoms with Crippen molar-refractivity contribution >= 4 is 21.4 Å². The average molecular weight is 281 g/mol. The number of rotatable bonds is 5. The van der Waals surface area contributed by atoms with Crippen molar-refractivity contribution < 1.29 is 8.42 Å². The summed E-state index contributed by atoms with van der Waals surface area (Å²) in [6.07, 6.45) is 0. The fourth-order valence-electron chi connectivity index (χ4n) is 1.69. The van der Waals surface area contributed by atoms with Gasteiger partial charge in [-0.15, -0.1) is 11.3 Å². The smallest absolute Gasteiger partial charge is 0.206 e. The Balaban J connectivity index is 2.25. The van der Waals surface area contributed by atoms with Crippen LogP contribution in [-0.4, -0.2) is 19.3 Å². The van der Waals surface area contributed by atoms with Gasteiger partial charge in [0.15, 0.2) is 0 Å². The van der Waals surface area contributed by atoms with Crippen LogP contribution in [0.1, 0.15) is 12.5 Å². The normalized spacial score (nSPS) is 11.9. The summed E-state index contributed by atoms with van der Waals surface area (Å²) in [7, 11) is -3.35. The van der Waals surface area contributed by atoms with Gasteiger partial charge in [-0.3, -0.25) is 0 Å². The van der Waals surface area contributed by atoms with Gasteiger partial charge in [0.2, 0.25) is 0 Å². The standard InChI is InChI=1S/C13H15NO2S2/c1-2-14(11-12-7-4-3-5-8-12)18(15,16)13-9-6-10-17-13/h3-10H,2,11H2,1H3. The predicted octanol–water partition coefficient (Wildman–Crippen LogP) is 2.96. The van der Waals surface area contributed by atoms with Crippen molar-refractivity contribution in [3.8, 4) is 0 Å². The average Bonchev–Trinajstić information content (AvgIpc) is 2.91. The van der Waals surface area contributed by atoms with Gasteiger partial charge >= 0.3 is 0 Å². The van der Waals surface area contributed by atoms with Crippen LogP contribution in [-0.2, 0) is 16.6 Å². The second kappa shape index (κ2) is 5.65. The molecule has 5 heteroatoms. The van der Waals surface area contributed by atoms with Gasteiger partial charge in [0.05, 0.1) is 0 Å². The highest BCUT2D eigenvalue weighted by molar-refractivity contribution is 7.91. The second-order valence-electron chi connectivity index (χ2n) is 3.85. The lowest BCUT2D eigenvalue weighted by Gasteiger charge is -2.19. The van der Waals surface area contributed by atoms with E-state index in [0.29, 0.717) is 17.3 Å². The van der Waals surface area contributed by atoms with E-state index in [-0.39, 0.29) is 0 Å². The van der Waals surface area contributed by atoms with E-state index in [1.54, 1.807) is 17.5 Å². The van der Waals surface area contributed by atoms with Crippen molar-refractivity contribution in [1.29, 1.82) is 0 Å². The van der Waals surface area contributed by atoms with E-state index >= 15 is 0 Å². The number of nitrogens with zero attached hydrogens (tertiary/aromatic N) is 1. The quantitative estimate of drug-likeness (QED) is 0.845. The molecule has 0 aliphatic carbocycles. The van der Waals surface area contributed by atoms with Gasteiger partial charge < -0.3 is 0 Å². The molecule has 2 aromatic rings. The first kappa shape index (κ1) is 13.3. The predicted molar refractivity (Wildman–Crippen MR) is 74.0 cm³/mol. The minimum atomic E-state index is -3.35. The Morgan fingerprint density at radius 2 is 1.83 bits per heavy atom. The maximum atomic E-state index is 12.4. The molecular weight excluding hydrogens is 266 g/mol. The number of hydrogen-bond acceptors (Lipinski definition) is 3. The summed E-state index contributed by atoms with van der Waals surface area (Å²) in [6.45, 7) is 2.74. The SMILES string of the molecule is CCN(Cc1ccccc1)S(=O)(=O)c1cccs1. The van der Waals surface area contributed by atoms with Crippen LogP contribution in [0.3, 0.4) is 0 Å². The van der Waals surface area contributed by atoms with E-state index in [2.05, 4.69) is 0 Å². The topological polar surface area (TPSA) is 37.4 Å². The molecule has 96 valence electrons. The highest BCUT2D eigenvalue weighted by atomic mass is 32.2. The Hall–Kier alpha value is -1.17. The first-order chi connectivity index (χ1) is 8.64. The van der Waals surface area contributed by atoms with Gasteiger partial charge in [0.25, 0.3) is 10.0 Å². The molecule has 0 bridgehead atoms. The van der Waals surface area contributed by atoms with Crippen LogP contribution in [0.4, 0.5) is 0 Å². The van der Waals surface area contributed by atoms with Crippen LogP contribution in [0.15, 0.2) is 52.1 Å². The van der Waals surface area contributed by atoms with Crippen LogP contribution < -0.4 is 0 Å². The molecule has 2 rings (SSSR count). The lowest BCUT2D eigenvalue weighted by Crippen LogP contribution is -2.29. The monoisotopic (exact) mass is 281 g/mol. The minimum Gasteiger partial charge on any atom is -0.206 e. The maximum Gasteiger partial charge on any atom is 0.252 e. The minimum absolute atomic E-state index is 0.403. The molecule has 0 radical (unpaired) electrons. The molecule has 3 nitrogen and oxygen atoms in total. The summed E-state index contributed by atoms with van der Waals surface area (Å²) in [5.41, 5.74) is 1.000. The second-order valence-corrected chi connectivity index (χ2v) is 6.96. The van der Waals surface area contributed by atoms with Gasteiger partial charge in [-0.25, -0.2) is 8.42 Å². The van der Waals surface area contributed by atoms with Crippen molar-refractivity contribution in [1.82, 2.24) is 4.31 Å². The van der Waals surface area contributed by atoms with Crippen molar-refractivity contribution in [2.24, 2.45) is 0 Å². The molecule has 0 aliphatic heterocycles. The van der Waals surface area contributed by atoms with Crippen LogP contribution in [0, 0.1) is 0 Å². The summed E-state index contributed by atoms with van der Waals surface area (Å²) < 4.78 is 26.6. The molecule has 0 saturated carbocycles. The van der Waals surface area contributed by atoms with E-state index < -0.39 is 10.0 Å². The summed E-state index contributed by atoms with van der Waals surface area (Å²) in [4.78, 5) is 0. The van der Waals surface area contributed by atoms with Gasteiger partial charge in [-0.2, -0.15) is 4.31 Å². The Bertz CT molecular complexity index is 577. The van der Waals surface area contributed by atoms with E-state index in [9.17, 15) is 8.42 Å². The highest BCUT2D eigenvalue weighted by Gasteiger charge is 2.23. The van der Waals surface area contributed by atoms with Crippen LogP contribution >= 0.6 is 11.3 Å². The van der Waals surface area contributed by atoms with E-state index in [4.69, 9.17) is 0 Å². The van der Waals surface area contributed by atoms with Gasteiger partial charge in [0.1, 0.15) is 4.21 Å². The zero-order valence-corrected chi connectivity index (χ0v) is 11.7. The van der Waals surface area contributed by atoms with E-state index in [0.717, 1.165) is 5.56 Å². The van der Waals surface area contributed by atoms with Gasteiger partial charge in [-0.1, -0.05) is 43.3 Å². The fraction of sp³-hybridized carbons (Fsp3) is 0.231. The lowest BCUT2D eigenvalue weighted by molar-refractivity contribution is 0.425. The number of benzene rings is 1. The molecule has 0 spiro atoms. The summed E-state index contributed by atoms with van der Waals surface area (Å²) in [6, 6.07) is 13.0. The molecule has 0 atom stereocenters. The maximum absolute atomic E-state index is 12.4. The molecule has 0 aliphatic rings. The van der Waals surface area contributed by atoms with E-state index in [1.807, 2.05) is 37.3 Å². The van der Waals surface area contributed by atoms with Crippen LogP contribution in [0.2, 0.25) is 0 Å². The molecule has 0 saturated heterocycles. The molecule has 18 heavy (non-hydrogen) atoms. The summed E-state index contributed by atoms with van der Waals surface area (Å²) in [5.74, 6) is 0. The number of sulfonamides is 1. The molecule has 0 amide bonds. The molecule has 1 heterocycles. The molecular formula is C13H15NO2S2. The Morgan fingerprint density at radius 1 is 1.11 bits per heavy atom. The summed E-state index contributed by atoms with van der Waals surface area (Å²) >= 11 is 1.25. The van der Waals surface area contributed by atoms with Gasteiger partial charge in [-0.05, 0) is 17.0 Å². The highest BCUT2D eigenvalue weighted by Crippen LogP contribution is 2.22. The zero-order chi connectivity index (χ0) is 13.0. The number of hydrogen-bond donors (Lipinski definition) is 0.